The molecule has 4 saturated carbocycles. The van der Waals surface area contributed by atoms with Gasteiger partial charge < -0.3 is 5.32 Å². The van der Waals surface area contributed by atoms with Crippen molar-refractivity contribution in [3.8, 4) is 0 Å². The number of nitrogens with one attached hydrogen (secondary N) is 1. The van der Waals surface area contributed by atoms with Crippen LogP contribution in [-0.4, -0.2) is 36.9 Å². The van der Waals surface area contributed by atoms with Crippen molar-refractivity contribution in [3.05, 3.63) is 29.1 Å². The molecular formula is C25H33F3N2O3S. The molecule has 1 amide bonds. The van der Waals surface area contributed by atoms with E-state index in [2.05, 4.69) is 10.3 Å². The third-order valence-electron chi connectivity index (χ3n) is 8.13. The van der Waals surface area contributed by atoms with Gasteiger partial charge in [0.15, 0.2) is 9.84 Å². The zero-order chi connectivity index (χ0) is 24.1. The Labute approximate surface area is 199 Å². The van der Waals surface area contributed by atoms with Crippen LogP contribution in [0.4, 0.5) is 13.2 Å². The summed E-state index contributed by atoms with van der Waals surface area (Å²) in [4.78, 5) is 16.9. The van der Waals surface area contributed by atoms with E-state index in [1.54, 1.807) is 0 Å². The third-order valence-corrected chi connectivity index (χ3v) is 10.6. The van der Waals surface area contributed by atoms with Gasteiger partial charge in [-0.25, -0.2) is 13.4 Å². The molecule has 34 heavy (non-hydrogen) atoms. The lowest BCUT2D eigenvalue weighted by Gasteiger charge is -2.40. The molecule has 0 spiro atoms. The second-order valence-electron chi connectivity index (χ2n) is 11.2. The van der Waals surface area contributed by atoms with E-state index in [1.807, 2.05) is 0 Å². The van der Waals surface area contributed by atoms with E-state index in [9.17, 15) is 26.4 Å². The Balaban J connectivity index is 1.26. The molecule has 1 N–H and O–H groups in total. The molecule has 1 aromatic rings. The van der Waals surface area contributed by atoms with E-state index in [1.165, 1.54) is 18.9 Å². The summed E-state index contributed by atoms with van der Waals surface area (Å²) in [5, 5.41) is 2.73. The molecule has 0 atom stereocenters. The first-order chi connectivity index (χ1) is 16.0. The lowest BCUT2D eigenvalue weighted by atomic mass is 9.70. The number of nitrogens with zero attached hydrogens (tertiary/aromatic N) is 1. The van der Waals surface area contributed by atoms with Crippen molar-refractivity contribution in [1.29, 1.82) is 0 Å². The van der Waals surface area contributed by atoms with Crippen molar-refractivity contribution in [3.63, 3.8) is 0 Å². The van der Waals surface area contributed by atoms with E-state index < -0.39 is 21.7 Å². The zero-order valence-corrected chi connectivity index (χ0v) is 20.2. The van der Waals surface area contributed by atoms with E-state index >= 15 is 0 Å². The smallest absolute Gasteiger partial charge is 0.351 e. The third kappa shape index (κ3) is 5.60. The largest absolute Gasteiger partial charge is 0.433 e. The van der Waals surface area contributed by atoms with E-state index in [-0.39, 0.29) is 33.7 Å². The van der Waals surface area contributed by atoms with Crippen LogP contribution in [0.1, 0.15) is 98.3 Å². The van der Waals surface area contributed by atoms with Gasteiger partial charge in [0.1, 0.15) is 5.69 Å². The summed E-state index contributed by atoms with van der Waals surface area (Å²) >= 11 is 0. The van der Waals surface area contributed by atoms with E-state index in [0.717, 1.165) is 51.0 Å². The molecule has 0 aromatic carbocycles. The highest BCUT2D eigenvalue weighted by atomic mass is 32.2. The van der Waals surface area contributed by atoms with Crippen molar-refractivity contribution in [1.82, 2.24) is 10.3 Å². The number of halogens is 3. The monoisotopic (exact) mass is 498 g/mol. The highest BCUT2D eigenvalue weighted by Crippen LogP contribution is 2.49. The molecule has 188 valence electrons. The Kier molecular flexibility index (Phi) is 6.22. The molecule has 1 heterocycles. The van der Waals surface area contributed by atoms with Gasteiger partial charge in [0.2, 0.25) is 0 Å². The summed E-state index contributed by atoms with van der Waals surface area (Å²) in [7, 11) is -3.07. The summed E-state index contributed by atoms with van der Waals surface area (Å²) < 4.78 is 65.0. The van der Waals surface area contributed by atoms with Crippen LogP contribution in [0.2, 0.25) is 0 Å². The van der Waals surface area contributed by atoms with Gasteiger partial charge in [0, 0.05) is 12.5 Å². The molecular weight excluding hydrogens is 465 g/mol. The predicted octanol–water partition coefficient (Wildman–Crippen LogP) is 5.26. The Bertz CT molecular complexity index is 1040. The van der Waals surface area contributed by atoms with Gasteiger partial charge >= 0.3 is 6.18 Å². The van der Waals surface area contributed by atoms with Crippen molar-refractivity contribution in [2.45, 2.75) is 88.0 Å². The molecule has 4 fully saturated rings. The summed E-state index contributed by atoms with van der Waals surface area (Å²) in [6.07, 6.45) is 5.11. The minimum Gasteiger partial charge on any atom is -0.351 e. The summed E-state index contributed by atoms with van der Waals surface area (Å²) in [6.45, 7) is 0.433. The van der Waals surface area contributed by atoms with E-state index in [4.69, 9.17) is 0 Å². The first-order valence-electron chi connectivity index (χ1n) is 12.6. The maximum atomic E-state index is 13.1. The molecule has 5 rings (SSSR count). The van der Waals surface area contributed by atoms with Crippen LogP contribution in [-0.2, 0) is 16.0 Å². The van der Waals surface area contributed by atoms with Gasteiger partial charge in [-0.05, 0) is 87.2 Å². The number of sulfone groups is 1. The average molecular weight is 499 g/mol. The second kappa shape index (κ2) is 8.79. The van der Waals surface area contributed by atoms with Crippen LogP contribution in [0, 0.1) is 17.3 Å². The van der Waals surface area contributed by atoms with Crippen molar-refractivity contribution in [2.24, 2.45) is 17.3 Å². The van der Waals surface area contributed by atoms with Gasteiger partial charge in [0.25, 0.3) is 5.91 Å². The number of hydrogen-bond donors (Lipinski definition) is 1. The number of pyridine rings is 1. The van der Waals surface area contributed by atoms with Crippen molar-refractivity contribution in [2.75, 3.05) is 12.3 Å². The van der Waals surface area contributed by atoms with Crippen LogP contribution < -0.4 is 5.32 Å². The number of aromatic nitrogens is 1. The summed E-state index contributed by atoms with van der Waals surface area (Å²) in [5.41, 5.74) is -0.611. The van der Waals surface area contributed by atoms with Gasteiger partial charge in [-0.15, -0.1) is 0 Å². The highest BCUT2D eigenvalue weighted by Gasteiger charge is 2.44. The van der Waals surface area contributed by atoms with Gasteiger partial charge in [-0.3, -0.25) is 4.79 Å². The van der Waals surface area contributed by atoms with Crippen LogP contribution in [0.25, 0.3) is 0 Å². The molecule has 5 nitrogen and oxygen atoms in total. The molecule has 0 unspecified atom stereocenters. The minimum atomic E-state index is -4.54. The number of carbonyl (C=O) groups is 1. The van der Waals surface area contributed by atoms with Crippen LogP contribution in [0.5, 0.6) is 0 Å². The maximum Gasteiger partial charge on any atom is 0.433 e. The number of alkyl halides is 3. The Hall–Kier alpha value is -1.64. The van der Waals surface area contributed by atoms with Crippen LogP contribution >= 0.6 is 0 Å². The van der Waals surface area contributed by atoms with Crippen molar-refractivity contribution < 1.29 is 26.4 Å². The normalized spacial score (nSPS) is 28.0. The number of carbonyl (C=O) groups excluding carboxylic acids is 1. The quantitative estimate of drug-likeness (QED) is 0.504. The summed E-state index contributed by atoms with van der Waals surface area (Å²) in [6, 6.07) is 2.14. The Morgan fingerprint density at radius 1 is 1.00 bits per heavy atom. The molecule has 0 radical (unpaired) electrons. The molecule has 1 aromatic heterocycles. The van der Waals surface area contributed by atoms with Crippen LogP contribution in [0.3, 0.4) is 0 Å². The fraction of sp³-hybridized carbons (Fsp3) is 0.760. The molecule has 4 aliphatic rings. The first kappa shape index (κ1) is 24.1. The molecule has 4 aliphatic carbocycles. The van der Waals surface area contributed by atoms with Gasteiger partial charge in [-0.2, -0.15) is 13.2 Å². The Morgan fingerprint density at radius 2 is 1.65 bits per heavy atom. The van der Waals surface area contributed by atoms with Crippen molar-refractivity contribution >= 4 is 15.7 Å². The summed E-state index contributed by atoms with van der Waals surface area (Å²) in [5.74, 6) is 0.832. The molecule has 9 heteroatoms. The predicted molar refractivity (Wildman–Crippen MR) is 122 cm³/mol. The first-order valence-corrected chi connectivity index (χ1v) is 14.3. The highest BCUT2D eigenvalue weighted by molar-refractivity contribution is 7.92. The standard InChI is InChI=1S/C25H33F3N2O3S/c26-25(27,28)21-8-7-20(22(30-21)18-5-6-18)23(31)29-15-24(13-16-1-2-16)11-9-19(10-12-24)34(32,33)14-17-3-4-17/h7-8,16-19H,1-6,9-15H2,(H,29,31). The fourth-order valence-corrected chi connectivity index (χ4v) is 7.77. The zero-order valence-electron chi connectivity index (χ0n) is 19.4. The second-order valence-corrected chi connectivity index (χ2v) is 13.5. The molecule has 0 aliphatic heterocycles. The Morgan fingerprint density at radius 3 is 2.21 bits per heavy atom. The average Bonchev–Trinajstić information content (AvgIpc) is 3.61. The SMILES string of the molecule is O=C(NCC1(CC2CC2)CCC(S(=O)(=O)CC2CC2)CC1)c1ccc(C(F)(F)F)nc1C1CC1. The number of amides is 1. The maximum absolute atomic E-state index is 13.1. The number of rotatable bonds is 9. The minimum absolute atomic E-state index is 0.0874. The lowest BCUT2D eigenvalue weighted by Crippen LogP contribution is -2.43. The fourth-order valence-electron chi connectivity index (χ4n) is 5.56. The van der Waals surface area contributed by atoms with E-state index in [0.29, 0.717) is 37.0 Å². The van der Waals surface area contributed by atoms with Gasteiger partial charge in [-0.1, -0.05) is 12.8 Å². The topological polar surface area (TPSA) is 76.1 Å². The number of hydrogen-bond acceptors (Lipinski definition) is 4. The van der Waals surface area contributed by atoms with Crippen LogP contribution in [0.15, 0.2) is 12.1 Å². The molecule has 0 bridgehead atoms. The molecule has 0 saturated heterocycles. The lowest BCUT2D eigenvalue weighted by molar-refractivity contribution is -0.141. The van der Waals surface area contributed by atoms with Gasteiger partial charge in [0.05, 0.1) is 22.3 Å².